The minimum absolute atomic E-state index is 0.0826. The van der Waals surface area contributed by atoms with Crippen molar-refractivity contribution in [3.63, 3.8) is 0 Å². The van der Waals surface area contributed by atoms with Crippen LogP contribution in [0.3, 0.4) is 0 Å². The molecule has 25 heavy (non-hydrogen) atoms. The van der Waals surface area contributed by atoms with Gasteiger partial charge in [0.1, 0.15) is 4.90 Å². The van der Waals surface area contributed by atoms with Crippen molar-refractivity contribution in [2.45, 2.75) is 44.6 Å². The molecule has 1 aliphatic rings. The van der Waals surface area contributed by atoms with E-state index in [0.29, 0.717) is 37.3 Å². The number of carboxylic acid groups (broad SMARTS) is 1. The highest BCUT2D eigenvalue weighted by Crippen LogP contribution is 2.20. The van der Waals surface area contributed by atoms with E-state index in [-0.39, 0.29) is 10.8 Å². The third-order valence-corrected chi connectivity index (χ3v) is 6.36. The third-order valence-electron chi connectivity index (χ3n) is 4.57. The number of piperidine rings is 1. The van der Waals surface area contributed by atoms with Gasteiger partial charge < -0.3 is 10.0 Å². The summed E-state index contributed by atoms with van der Waals surface area (Å²) in [6.07, 6.45) is 0.753. The first-order valence-corrected chi connectivity index (χ1v) is 9.57. The van der Waals surface area contributed by atoms with Crippen LogP contribution in [0.25, 0.3) is 0 Å². The van der Waals surface area contributed by atoms with Gasteiger partial charge in [0.05, 0.1) is 23.3 Å². The summed E-state index contributed by atoms with van der Waals surface area (Å²) in [5.41, 5.74) is 0.862. The zero-order chi connectivity index (χ0) is 18.9. The summed E-state index contributed by atoms with van der Waals surface area (Å²) >= 11 is 0. The Balaban J connectivity index is 2.07. The largest absolute Gasteiger partial charge is 0.481 e. The molecule has 140 valence electrons. The first kappa shape index (κ1) is 19.4. The number of carbonyl (C=O) groups is 2. The fraction of sp³-hybridized carbons (Fsp3) is 0.667. The summed E-state index contributed by atoms with van der Waals surface area (Å²) in [7, 11) is -2.23. The molecule has 0 spiro atoms. The number of aromatic nitrogens is 2. The Morgan fingerprint density at radius 3 is 2.28 bits per heavy atom. The molecule has 0 radical (unpaired) electrons. The van der Waals surface area contributed by atoms with Gasteiger partial charge in [0.15, 0.2) is 0 Å². The SMILES string of the molecule is Cc1nn(C)c(C)c1S(=O)(=O)NC(C)C(=O)N1CCC(C(=O)O)CC1. The summed E-state index contributed by atoms with van der Waals surface area (Å²) in [4.78, 5) is 25.1. The van der Waals surface area contributed by atoms with E-state index in [1.165, 1.54) is 16.5 Å². The van der Waals surface area contributed by atoms with Crippen molar-refractivity contribution in [3.8, 4) is 0 Å². The van der Waals surface area contributed by atoms with E-state index in [2.05, 4.69) is 9.82 Å². The fourth-order valence-electron chi connectivity index (χ4n) is 3.11. The topological polar surface area (TPSA) is 122 Å². The summed E-state index contributed by atoms with van der Waals surface area (Å²) in [5.74, 6) is -1.66. The highest BCUT2D eigenvalue weighted by molar-refractivity contribution is 7.89. The summed E-state index contributed by atoms with van der Waals surface area (Å²) < 4.78 is 29.1. The molecule has 2 heterocycles. The minimum atomic E-state index is -3.88. The Labute approximate surface area is 147 Å². The number of likely N-dealkylation sites (tertiary alicyclic amines) is 1. The number of aryl methyl sites for hydroxylation is 2. The Morgan fingerprint density at radius 2 is 1.84 bits per heavy atom. The zero-order valence-corrected chi connectivity index (χ0v) is 15.6. The third kappa shape index (κ3) is 4.01. The molecule has 0 saturated carbocycles. The number of hydrogen-bond acceptors (Lipinski definition) is 5. The smallest absolute Gasteiger partial charge is 0.306 e. The predicted octanol–water partition coefficient (Wildman–Crippen LogP) is 0.0269. The fourth-order valence-corrected chi connectivity index (χ4v) is 4.74. The number of amides is 1. The van der Waals surface area contributed by atoms with Gasteiger partial charge in [-0.25, -0.2) is 8.42 Å². The average Bonchev–Trinajstić information content (AvgIpc) is 2.79. The van der Waals surface area contributed by atoms with Gasteiger partial charge in [0, 0.05) is 20.1 Å². The molecule has 0 aliphatic carbocycles. The van der Waals surface area contributed by atoms with Crippen molar-refractivity contribution < 1.29 is 23.1 Å². The van der Waals surface area contributed by atoms with Crippen molar-refractivity contribution in [1.82, 2.24) is 19.4 Å². The lowest BCUT2D eigenvalue weighted by molar-refractivity contribution is -0.146. The molecule has 1 unspecified atom stereocenters. The maximum Gasteiger partial charge on any atom is 0.306 e. The van der Waals surface area contributed by atoms with Crippen LogP contribution in [0.4, 0.5) is 0 Å². The first-order chi connectivity index (χ1) is 11.5. The van der Waals surface area contributed by atoms with Gasteiger partial charge in [-0.3, -0.25) is 14.3 Å². The molecular formula is C15H24N4O5S. The van der Waals surface area contributed by atoms with Crippen LogP contribution < -0.4 is 4.72 Å². The van der Waals surface area contributed by atoms with E-state index in [1.54, 1.807) is 20.9 Å². The van der Waals surface area contributed by atoms with E-state index in [1.807, 2.05) is 0 Å². The number of rotatable bonds is 5. The number of sulfonamides is 1. The second-order valence-corrected chi connectivity index (χ2v) is 8.06. The number of nitrogens with one attached hydrogen (secondary N) is 1. The van der Waals surface area contributed by atoms with Crippen LogP contribution in [0.1, 0.15) is 31.2 Å². The number of nitrogens with zero attached hydrogens (tertiary/aromatic N) is 3. The summed E-state index contributed by atoms with van der Waals surface area (Å²) in [6, 6.07) is -0.939. The van der Waals surface area contributed by atoms with Crippen LogP contribution >= 0.6 is 0 Å². The molecule has 1 amide bonds. The first-order valence-electron chi connectivity index (χ1n) is 8.08. The zero-order valence-electron chi connectivity index (χ0n) is 14.8. The number of carbonyl (C=O) groups excluding carboxylic acids is 1. The van der Waals surface area contributed by atoms with E-state index in [0.717, 1.165) is 0 Å². The van der Waals surface area contributed by atoms with Crippen molar-refractivity contribution in [2.24, 2.45) is 13.0 Å². The van der Waals surface area contributed by atoms with Crippen LogP contribution in [-0.4, -0.2) is 59.2 Å². The van der Waals surface area contributed by atoms with E-state index < -0.39 is 28.0 Å². The van der Waals surface area contributed by atoms with Crippen LogP contribution in [0.5, 0.6) is 0 Å². The van der Waals surface area contributed by atoms with Crippen molar-refractivity contribution >= 4 is 21.9 Å². The molecule has 1 atom stereocenters. The average molecular weight is 372 g/mol. The molecule has 1 saturated heterocycles. The maximum atomic E-state index is 12.6. The van der Waals surface area contributed by atoms with E-state index in [9.17, 15) is 18.0 Å². The molecule has 1 fully saturated rings. The Morgan fingerprint density at radius 1 is 1.28 bits per heavy atom. The number of aliphatic carboxylic acids is 1. The van der Waals surface area contributed by atoms with Crippen LogP contribution in [-0.2, 0) is 26.7 Å². The lowest BCUT2D eigenvalue weighted by Crippen LogP contribution is -2.49. The van der Waals surface area contributed by atoms with Gasteiger partial charge in [0.25, 0.3) is 0 Å². The Kier molecular flexibility index (Phi) is 5.52. The standard InChI is InChI=1S/C15H24N4O5S/c1-9-13(11(3)18(4)16-9)25(23,24)17-10(2)14(20)19-7-5-12(6-8-19)15(21)22/h10,12,17H,5-8H2,1-4H3,(H,21,22). The molecule has 10 heteroatoms. The predicted molar refractivity (Wildman–Crippen MR) is 89.4 cm³/mol. The molecule has 1 aromatic rings. The highest BCUT2D eigenvalue weighted by Gasteiger charge is 2.32. The molecule has 0 aromatic carbocycles. The van der Waals surface area contributed by atoms with Gasteiger partial charge >= 0.3 is 5.97 Å². The molecule has 9 nitrogen and oxygen atoms in total. The van der Waals surface area contributed by atoms with E-state index in [4.69, 9.17) is 5.11 Å². The van der Waals surface area contributed by atoms with E-state index >= 15 is 0 Å². The highest BCUT2D eigenvalue weighted by atomic mass is 32.2. The Bertz CT molecular complexity index is 778. The molecule has 0 bridgehead atoms. The number of carboxylic acids is 1. The second kappa shape index (κ2) is 7.12. The Hall–Kier alpha value is -1.94. The van der Waals surface area contributed by atoms with Crippen LogP contribution in [0.15, 0.2) is 4.90 Å². The summed E-state index contributed by atoms with van der Waals surface area (Å²) in [5, 5.41) is 13.1. The molecule has 2 rings (SSSR count). The van der Waals surface area contributed by atoms with Gasteiger partial charge in [-0.15, -0.1) is 0 Å². The normalized spacial score (nSPS) is 17.5. The van der Waals surface area contributed by atoms with Crippen molar-refractivity contribution in [1.29, 1.82) is 0 Å². The number of hydrogen-bond donors (Lipinski definition) is 2. The molecular weight excluding hydrogens is 348 g/mol. The molecule has 2 N–H and O–H groups in total. The quantitative estimate of drug-likeness (QED) is 0.752. The summed E-state index contributed by atoms with van der Waals surface area (Å²) in [6.45, 7) is 5.37. The van der Waals surface area contributed by atoms with Crippen molar-refractivity contribution in [3.05, 3.63) is 11.4 Å². The van der Waals surface area contributed by atoms with Crippen molar-refractivity contribution in [2.75, 3.05) is 13.1 Å². The van der Waals surface area contributed by atoms with Gasteiger partial charge in [-0.05, 0) is 33.6 Å². The van der Waals surface area contributed by atoms with Gasteiger partial charge in [-0.2, -0.15) is 9.82 Å². The second-order valence-electron chi connectivity index (χ2n) is 6.40. The van der Waals surface area contributed by atoms with Crippen LogP contribution in [0, 0.1) is 19.8 Å². The molecule has 1 aromatic heterocycles. The van der Waals surface area contributed by atoms with Gasteiger partial charge in [-0.1, -0.05) is 0 Å². The maximum absolute atomic E-state index is 12.6. The monoisotopic (exact) mass is 372 g/mol. The lowest BCUT2D eigenvalue weighted by atomic mass is 9.97. The minimum Gasteiger partial charge on any atom is -0.481 e. The van der Waals surface area contributed by atoms with Gasteiger partial charge in [0.2, 0.25) is 15.9 Å². The van der Waals surface area contributed by atoms with Crippen LogP contribution in [0.2, 0.25) is 0 Å². The lowest BCUT2D eigenvalue weighted by Gasteiger charge is -2.32. The molecule has 1 aliphatic heterocycles.